The molecule has 0 atom stereocenters. The van der Waals surface area contributed by atoms with E-state index in [1.807, 2.05) is 0 Å². The van der Waals surface area contributed by atoms with E-state index in [0.717, 1.165) is 25.5 Å². The number of hydrogen-bond donors (Lipinski definition) is 2. The maximum atomic E-state index is 5.54. The van der Waals surface area contributed by atoms with Crippen LogP contribution in [0.25, 0.3) is 0 Å². The molecule has 1 saturated heterocycles. The van der Waals surface area contributed by atoms with E-state index in [4.69, 9.17) is 5.84 Å². The number of hydrogen-bond acceptors (Lipinski definition) is 3. The monoisotopic (exact) mass is 241 g/mol. The SMILES string of the molecule is CCCN=C(NN)N(C)C1CCN(CC)CC1. The molecule has 5 nitrogen and oxygen atoms in total. The molecule has 1 aliphatic rings. The van der Waals surface area contributed by atoms with E-state index in [1.54, 1.807) is 0 Å². The summed E-state index contributed by atoms with van der Waals surface area (Å²) < 4.78 is 0. The first-order valence-electron chi connectivity index (χ1n) is 6.69. The third-order valence-electron chi connectivity index (χ3n) is 3.50. The second kappa shape index (κ2) is 7.50. The number of nitrogens with one attached hydrogen (secondary N) is 1. The minimum atomic E-state index is 0.560. The Morgan fingerprint density at radius 3 is 2.53 bits per heavy atom. The summed E-state index contributed by atoms with van der Waals surface area (Å²) in [6, 6.07) is 0.560. The van der Waals surface area contributed by atoms with Crippen LogP contribution in [-0.4, -0.2) is 55.0 Å². The van der Waals surface area contributed by atoms with Crippen molar-refractivity contribution in [3.63, 3.8) is 0 Å². The van der Waals surface area contributed by atoms with Crippen molar-refractivity contribution in [3.8, 4) is 0 Å². The normalized spacial score (nSPS) is 19.4. The molecule has 1 heterocycles. The maximum absolute atomic E-state index is 5.54. The lowest BCUT2D eigenvalue weighted by atomic mass is 10.0. The molecule has 0 amide bonds. The summed E-state index contributed by atoms with van der Waals surface area (Å²) in [5.41, 5.74) is 2.72. The Balaban J connectivity index is 2.48. The first-order valence-corrected chi connectivity index (χ1v) is 6.69. The molecular formula is C12H27N5. The van der Waals surface area contributed by atoms with Crippen LogP contribution in [0.4, 0.5) is 0 Å². The van der Waals surface area contributed by atoms with Gasteiger partial charge in [0.05, 0.1) is 0 Å². The molecule has 100 valence electrons. The second-order valence-electron chi connectivity index (χ2n) is 4.63. The third-order valence-corrected chi connectivity index (χ3v) is 3.50. The summed E-state index contributed by atoms with van der Waals surface area (Å²) >= 11 is 0. The number of guanidine groups is 1. The molecule has 0 unspecified atom stereocenters. The molecule has 5 heteroatoms. The molecule has 0 aliphatic carbocycles. The van der Waals surface area contributed by atoms with Crippen LogP contribution in [0, 0.1) is 0 Å². The summed E-state index contributed by atoms with van der Waals surface area (Å²) in [5, 5.41) is 0. The van der Waals surface area contributed by atoms with Gasteiger partial charge in [-0.05, 0) is 25.8 Å². The molecule has 0 aromatic heterocycles. The number of nitrogens with two attached hydrogens (primary N) is 1. The fourth-order valence-electron chi connectivity index (χ4n) is 2.27. The number of rotatable bonds is 4. The zero-order chi connectivity index (χ0) is 12.7. The molecule has 17 heavy (non-hydrogen) atoms. The standard InChI is InChI=1S/C12H27N5/c1-4-8-14-12(15-13)16(3)11-6-9-17(5-2)10-7-11/h11H,4-10,13H2,1-3H3,(H,14,15). The molecule has 0 aromatic rings. The van der Waals surface area contributed by atoms with Gasteiger partial charge in [-0.1, -0.05) is 13.8 Å². The van der Waals surface area contributed by atoms with Gasteiger partial charge in [0.15, 0.2) is 0 Å². The Morgan fingerprint density at radius 2 is 2.06 bits per heavy atom. The van der Waals surface area contributed by atoms with Gasteiger partial charge in [-0.15, -0.1) is 0 Å². The Morgan fingerprint density at radius 1 is 1.41 bits per heavy atom. The number of piperidine rings is 1. The highest BCUT2D eigenvalue weighted by molar-refractivity contribution is 5.79. The topological polar surface area (TPSA) is 56.9 Å². The van der Waals surface area contributed by atoms with Crippen molar-refractivity contribution in [2.75, 3.05) is 33.2 Å². The van der Waals surface area contributed by atoms with Crippen LogP contribution in [0.2, 0.25) is 0 Å². The number of likely N-dealkylation sites (tertiary alicyclic amines) is 1. The lowest BCUT2D eigenvalue weighted by Crippen LogP contribution is -2.51. The molecule has 0 radical (unpaired) electrons. The summed E-state index contributed by atoms with van der Waals surface area (Å²) in [4.78, 5) is 9.15. The van der Waals surface area contributed by atoms with Crippen LogP contribution >= 0.6 is 0 Å². The van der Waals surface area contributed by atoms with Crippen molar-refractivity contribution in [2.24, 2.45) is 10.8 Å². The smallest absolute Gasteiger partial charge is 0.208 e. The van der Waals surface area contributed by atoms with Crippen molar-refractivity contribution >= 4 is 5.96 Å². The highest BCUT2D eigenvalue weighted by Gasteiger charge is 2.23. The summed E-state index contributed by atoms with van der Waals surface area (Å²) in [7, 11) is 2.08. The molecular weight excluding hydrogens is 214 g/mol. The van der Waals surface area contributed by atoms with Gasteiger partial charge < -0.3 is 9.80 Å². The second-order valence-corrected chi connectivity index (χ2v) is 4.63. The predicted octanol–water partition coefficient (Wildman–Crippen LogP) is 0.632. The zero-order valence-electron chi connectivity index (χ0n) is 11.4. The van der Waals surface area contributed by atoms with Crippen LogP contribution in [0.5, 0.6) is 0 Å². The van der Waals surface area contributed by atoms with Crippen molar-refractivity contribution in [3.05, 3.63) is 0 Å². The summed E-state index contributed by atoms with van der Waals surface area (Å²) in [6.45, 7) is 8.69. The minimum Gasteiger partial charge on any atom is -0.342 e. The molecule has 1 rings (SSSR count). The van der Waals surface area contributed by atoms with Gasteiger partial charge in [0, 0.05) is 32.7 Å². The van der Waals surface area contributed by atoms with E-state index in [1.165, 1.54) is 25.9 Å². The van der Waals surface area contributed by atoms with Gasteiger partial charge in [0.25, 0.3) is 0 Å². The first-order chi connectivity index (χ1) is 8.22. The third kappa shape index (κ3) is 4.16. The zero-order valence-corrected chi connectivity index (χ0v) is 11.4. The number of nitrogens with zero attached hydrogens (tertiary/aromatic N) is 3. The van der Waals surface area contributed by atoms with Gasteiger partial charge in [-0.2, -0.15) is 0 Å². The average Bonchev–Trinajstić information content (AvgIpc) is 2.39. The van der Waals surface area contributed by atoms with Gasteiger partial charge in [-0.3, -0.25) is 10.4 Å². The van der Waals surface area contributed by atoms with Crippen LogP contribution in [-0.2, 0) is 0 Å². The molecule has 0 aromatic carbocycles. The van der Waals surface area contributed by atoms with E-state index in [2.05, 4.69) is 41.1 Å². The Hall–Kier alpha value is -0.810. The Kier molecular flexibility index (Phi) is 6.29. The van der Waals surface area contributed by atoms with Crippen LogP contribution in [0.3, 0.4) is 0 Å². The van der Waals surface area contributed by atoms with Gasteiger partial charge in [0.2, 0.25) is 5.96 Å². The largest absolute Gasteiger partial charge is 0.342 e. The molecule has 1 fully saturated rings. The van der Waals surface area contributed by atoms with Crippen molar-refractivity contribution in [2.45, 2.75) is 39.2 Å². The fourth-order valence-corrected chi connectivity index (χ4v) is 2.27. The van der Waals surface area contributed by atoms with E-state index >= 15 is 0 Å². The predicted molar refractivity (Wildman–Crippen MR) is 72.8 cm³/mol. The number of hydrazine groups is 1. The van der Waals surface area contributed by atoms with E-state index in [9.17, 15) is 0 Å². The van der Waals surface area contributed by atoms with Crippen molar-refractivity contribution in [1.82, 2.24) is 15.2 Å². The van der Waals surface area contributed by atoms with Crippen LogP contribution < -0.4 is 11.3 Å². The molecule has 0 saturated carbocycles. The summed E-state index contributed by atoms with van der Waals surface area (Å²) in [5.74, 6) is 6.36. The minimum absolute atomic E-state index is 0.560. The molecule has 3 N–H and O–H groups in total. The number of aliphatic imine (C=N–C) groups is 1. The van der Waals surface area contributed by atoms with E-state index in [0.29, 0.717) is 6.04 Å². The van der Waals surface area contributed by atoms with Gasteiger partial charge >= 0.3 is 0 Å². The maximum Gasteiger partial charge on any atom is 0.208 e. The molecule has 0 bridgehead atoms. The van der Waals surface area contributed by atoms with Gasteiger partial charge in [-0.25, -0.2) is 5.84 Å². The van der Waals surface area contributed by atoms with Crippen LogP contribution in [0.1, 0.15) is 33.1 Å². The fraction of sp³-hybridized carbons (Fsp3) is 0.917. The lowest BCUT2D eigenvalue weighted by molar-refractivity contribution is 0.169. The molecule has 0 spiro atoms. The quantitative estimate of drug-likeness (QED) is 0.328. The van der Waals surface area contributed by atoms with E-state index < -0.39 is 0 Å². The average molecular weight is 241 g/mol. The van der Waals surface area contributed by atoms with E-state index in [-0.39, 0.29) is 0 Å². The molecule has 1 aliphatic heterocycles. The Labute approximate surface area is 105 Å². The lowest BCUT2D eigenvalue weighted by Gasteiger charge is -2.37. The highest BCUT2D eigenvalue weighted by Crippen LogP contribution is 2.15. The summed E-state index contributed by atoms with van der Waals surface area (Å²) in [6.07, 6.45) is 3.43. The highest BCUT2D eigenvalue weighted by atomic mass is 15.4. The van der Waals surface area contributed by atoms with Crippen molar-refractivity contribution in [1.29, 1.82) is 0 Å². The van der Waals surface area contributed by atoms with Crippen molar-refractivity contribution < 1.29 is 0 Å². The van der Waals surface area contributed by atoms with Gasteiger partial charge in [0.1, 0.15) is 0 Å². The van der Waals surface area contributed by atoms with Crippen LogP contribution in [0.15, 0.2) is 4.99 Å². The Bertz CT molecular complexity index is 233. The first kappa shape index (κ1) is 14.3.